The third kappa shape index (κ3) is 1.77. The van der Waals surface area contributed by atoms with Crippen LogP contribution in [-0.4, -0.2) is 36.5 Å². The molecule has 1 aliphatic carbocycles. The molecule has 18 heavy (non-hydrogen) atoms. The zero-order valence-corrected chi connectivity index (χ0v) is 11.1. The van der Waals surface area contributed by atoms with Crippen molar-refractivity contribution < 1.29 is 13.5 Å². The van der Waals surface area contributed by atoms with Gasteiger partial charge in [0.15, 0.2) is 0 Å². The van der Waals surface area contributed by atoms with E-state index in [-0.39, 0.29) is 18.1 Å². The van der Waals surface area contributed by atoms with Gasteiger partial charge in [-0.3, -0.25) is 0 Å². The summed E-state index contributed by atoms with van der Waals surface area (Å²) in [4.78, 5) is 0.357. The molecule has 0 radical (unpaired) electrons. The summed E-state index contributed by atoms with van der Waals surface area (Å²) in [6.07, 6.45) is 1.06. The maximum Gasteiger partial charge on any atom is 0.243 e. The molecule has 1 aliphatic heterocycles. The van der Waals surface area contributed by atoms with Crippen LogP contribution in [0.4, 0.5) is 0 Å². The van der Waals surface area contributed by atoms with Crippen LogP contribution in [0.1, 0.15) is 18.4 Å². The molecule has 5 heteroatoms. The molecule has 0 aromatic heterocycles. The Labute approximate surface area is 107 Å². The number of benzene rings is 1. The normalized spacial score (nSPS) is 32.0. The number of hydrogen-bond acceptors (Lipinski definition) is 3. The lowest BCUT2D eigenvalue weighted by Crippen LogP contribution is -2.41. The fourth-order valence-electron chi connectivity index (χ4n) is 3.03. The Morgan fingerprint density at radius 1 is 1.22 bits per heavy atom. The molecule has 0 unspecified atom stereocenters. The second-order valence-electron chi connectivity index (χ2n) is 5.34. The average molecular weight is 267 g/mol. The lowest BCUT2D eigenvalue weighted by molar-refractivity contribution is 0.101. The summed E-state index contributed by atoms with van der Waals surface area (Å²) in [5.41, 5.74) is 1.05. The molecule has 4 nitrogen and oxygen atoms in total. The second-order valence-corrected chi connectivity index (χ2v) is 7.23. The third-order valence-corrected chi connectivity index (χ3v) is 6.01. The van der Waals surface area contributed by atoms with Gasteiger partial charge in [-0.05, 0) is 31.9 Å². The van der Waals surface area contributed by atoms with Gasteiger partial charge < -0.3 is 5.11 Å². The summed E-state index contributed by atoms with van der Waals surface area (Å²) >= 11 is 0. The molecule has 0 spiro atoms. The van der Waals surface area contributed by atoms with Crippen LogP contribution in [0, 0.1) is 12.8 Å². The smallest absolute Gasteiger partial charge is 0.243 e. The van der Waals surface area contributed by atoms with Gasteiger partial charge in [-0.15, -0.1) is 0 Å². The zero-order valence-electron chi connectivity index (χ0n) is 10.3. The van der Waals surface area contributed by atoms with Crippen molar-refractivity contribution in [3.8, 4) is 0 Å². The molecule has 1 aromatic rings. The summed E-state index contributed by atoms with van der Waals surface area (Å²) in [6.45, 7) is 2.40. The molecule has 3 rings (SSSR count). The van der Waals surface area contributed by atoms with E-state index in [1.807, 2.05) is 19.1 Å². The van der Waals surface area contributed by atoms with Gasteiger partial charge in [-0.25, -0.2) is 8.42 Å². The Morgan fingerprint density at radius 3 is 2.39 bits per heavy atom. The van der Waals surface area contributed by atoms with E-state index in [1.54, 1.807) is 16.4 Å². The summed E-state index contributed by atoms with van der Waals surface area (Å²) in [6, 6.07) is 6.93. The first-order valence-corrected chi connectivity index (χ1v) is 7.69. The molecule has 1 saturated carbocycles. The molecule has 1 aromatic carbocycles. The number of aliphatic hydroxyl groups is 1. The van der Waals surface area contributed by atoms with Crippen molar-refractivity contribution in [2.45, 2.75) is 36.8 Å². The predicted octanol–water partition coefficient (Wildman–Crippen LogP) is 1.14. The molecule has 1 heterocycles. The molecule has 1 N–H and O–H groups in total. The van der Waals surface area contributed by atoms with E-state index in [4.69, 9.17) is 0 Å². The number of nitrogens with zero attached hydrogens (tertiary/aromatic N) is 1. The minimum atomic E-state index is -3.39. The molecular weight excluding hydrogens is 250 g/mol. The van der Waals surface area contributed by atoms with Crippen LogP contribution >= 0.6 is 0 Å². The number of aryl methyl sites for hydroxylation is 1. The van der Waals surface area contributed by atoms with Crippen molar-refractivity contribution in [2.75, 3.05) is 6.54 Å². The largest absolute Gasteiger partial charge is 0.393 e. The molecular formula is C13H17NO3S. The van der Waals surface area contributed by atoms with Gasteiger partial charge in [0.2, 0.25) is 10.0 Å². The highest BCUT2D eigenvalue weighted by Gasteiger charge is 2.48. The molecule has 2 fully saturated rings. The molecule has 98 valence electrons. The Hall–Kier alpha value is -0.910. The van der Waals surface area contributed by atoms with Crippen molar-refractivity contribution in [1.82, 2.24) is 4.31 Å². The maximum atomic E-state index is 12.5. The van der Waals surface area contributed by atoms with Crippen molar-refractivity contribution in [3.63, 3.8) is 0 Å². The molecule has 2 bridgehead atoms. The lowest BCUT2D eigenvalue weighted by atomic mass is 10.1. The number of aliphatic hydroxyl groups excluding tert-OH is 1. The van der Waals surface area contributed by atoms with Crippen LogP contribution < -0.4 is 0 Å². The van der Waals surface area contributed by atoms with Crippen LogP contribution in [0.25, 0.3) is 0 Å². The van der Waals surface area contributed by atoms with Crippen LogP contribution in [-0.2, 0) is 10.0 Å². The first-order chi connectivity index (χ1) is 8.48. The number of hydrogen-bond donors (Lipinski definition) is 1. The minimum absolute atomic E-state index is 0.0173. The van der Waals surface area contributed by atoms with E-state index < -0.39 is 10.0 Å². The van der Waals surface area contributed by atoms with E-state index in [0.29, 0.717) is 17.9 Å². The van der Waals surface area contributed by atoms with Gasteiger partial charge >= 0.3 is 0 Å². The van der Waals surface area contributed by atoms with Crippen LogP contribution in [0.2, 0.25) is 0 Å². The Kier molecular flexibility index (Phi) is 2.73. The monoisotopic (exact) mass is 267 g/mol. The minimum Gasteiger partial charge on any atom is -0.393 e. The van der Waals surface area contributed by atoms with Gasteiger partial charge in [0, 0.05) is 18.5 Å². The lowest BCUT2D eigenvalue weighted by Gasteiger charge is -2.28. The highest BCUT2D eigenvalue weighted by atomic mass is 32.2. The summed E-state index contributed by atoms with van der Waals surface area (Å²) < 4.78 is 26.5. The first-order valence-electron chi connectivity index (χ1n) is 6.25. The van der Waals surface area contributed by atoms with Gasteiger partial charge in [-0.1, -0.05) is 17.7 Å². The van der Waals surface area contributed by atoms with E-state index in [9.17, 15) is 13.5 Å². The molecule has 2 aliphatic rings. The van der Waals surface area contributed by atoms with Crippen molar-refractivity contribution in [3.05, 3.63) is 29.8 Å². The standard InChI is InChI=1S/C13H17NO3S/c1-9-2-4-12(5-3-9)18(16,17)14-8-10-6-11(14)7-13(10)15/h2-5,10-11,13,15H,6-8H2,1H3/t10-,11+,13-/m0/s1. The summed E-state index contributed by atoms with van der Waals surface area (Å²) in [5.74, 6) is 0.121. The predicted molar refractivity (Wildman–Crippen MR) is 67.6 cm³/mol. The number of fused-ring (bicyclic) bond motifs is 2. The van der Waals surface area contributed by atoms with Crippen molar-refractivity contribution >= 4 is 10.0 Å². The van der Waals surface area contributed by atoms with Gasteiger partial charge in [0.25, 0.3) is 0 Å². The van der Waals surface area contributed by atoms with Crippen LogP contribution in [0.5, 0.6) is 0 Å². The SMILES string of the molecule is Cc1ccc(S(=O)(=O)N2C[C@@H]3C[C@@H]2C[C@@H]3O)cc1. The second kappa shape index (κ2) is 4.05. The topological polar surface area (TPSA) is 57.6 Å². The summed E-state index contributed by atoms with van der Waals surface area (Å²) in [5, 5.41) is 9.69. The number of sulfonamides is 1. The molecule has 1 saturated heterocycles. The Balaban J connectivity index is 1.90. The zero-order chi connectivity index (χ0) is 12.9. The quantitative estimate of drug-likeness (QED) is 0.874. The highest BCUT2D eigenvalue weighted by Crippen LogP contribution is 2.40. The molecule has 0 amide bonds. The van der Waals surface area contributed by atoms with Crippen molar-refractivity contribution in [1.29, 1.82) is 0 Å². The maximum absolute atomic E-state index is 12.5. The highest BCUT2D eigenvalue weighted by molar-refractivity contribution is 7.89. The van der Waals surface area contributed by atoms with Gasteiger partial charge in [0.1, 0.15) is 0 Å². The average Bonchev–Trinajstić information content (AvgIpc) is 2.88. The van der Waals surface area contributed by atoms with Crippen LogP contribution in [0.3, 0.4) is 0 Å². The van der Waals surface area contributed by atoms with E-state index >= 15 is 0 Å². The fourth-order valence-corrected chi connectivity index (χ4v) is 4.73. The first kappa shape index (κ1) is 12.1. The van der Waals surface area contributed by atoms with Gasteiger partial charge in [-0.2, -0.15) is 4.31 Å². The summed E-state index contributed by atoms with van der Waals surface area (Å²) in [7, 11) is -3.39. The van der Waals surface area contributed by atoms with Crippen LogP contribution in [0.15, 0.2) is 29.2 Å². The Bertz CT molecular complexity index is 550. The van der Waals surface area contributed by atoms with Crippen molar-refractivity contribution in [2.24, 2.45) is 5.92 Å². The number of piperidine rings is 1. The number of rotatable bonds is 2. The third-order valence-electron chi connectivity index (χ3n) is 4.08. The van der Waals surface area contributed by atoms with Gasteiger partial charge in [0.05, 0.1) is 11.0 Å². The van der Waals surface area contributed by atoms with E-state index in [0.717, 1.165) is 12.0 Å². The van der Waals surface area contributed by atoms with E-state index in [1.165, 1.54) is 0 Å². The Morgan fingerprint density at radius 2 is 1.89 bits per heavy atom. The van der Waals surface area contributed by atoms with E-state index in [2.05, 4.69) is 0 Å². The fraction of sp³-hybridized carbons (Fsp3) is 0.538. The molecule has 3 atom stereocenters.